The average molecular weight is 206 g/mol. The number of aromatic hydroxyl groups is 1. The maximum atomic E-state index is 11.6. The summed E-state index contributed by atoms with van der Waals surface area (Å²) in [4.78, 5) is 13.3. The van der Waals surface area contributed by atoms with Crippen LogP contribution >= 0.6 is 0 Å². The predicted molar refractivity (Wildman–Crippen MR) is 58.1 cm³/mol. The monoisotopic (exact) mass is 206 g/mol. The molecule has 1 aliphatic rings. The molecule has 2 amide bonds. The van der Waals surface area contributed by atoms with Gasteiger partial charge in [0.15, 0.2) is 0 Å². The molecule has 1 unspecified atom stereocenters. The second-order valence-electron chi connectivity index (χ2n) is 3.81. The van der Waals surface area contributed by atoms with Crippen LogP contribution in [0.5, 0.6) is 5.75 Å². The molecular formula is C11H14N2O2. The summed E-state index contributed by atoms with van der Waals surface area (Å²) in [6, 6.07) is 6.86. The van der Waals surface area contributed by atoms with Gasteiger partial charge in [-0.1, -0.05) is 6.07 Å². The standard InChI is InChI=1S/C11H14N2O2/c1-8-5-6-13(11(15)12-8)9-3-2-4-10(14)7-9/h2-4,7-8,14H,5-6H2,1H3,(H,12,15). The maximum absolute atomic E-state index is 11.6. The minimum absolute atomic E-state index is 0.0978. The van der Waals surface area contributed by atoms with E-state index in [-0.39, 0.29) is 17.8 Å². The Bertz CT molecular complexity index is 379. The molecular weight excluding hydrogens is 192 g/mol. The van der Waals surface area contributed by atoms with E-state index in [1.807, 2.05) is 13.0 Å². The molecule has 80 valence electrons. The van der Waals surface area contributed by atoms with Gasteiger partial charge in [-0.25, -0.2) is 4.79 Å². The molecule has 1 fully saturated rings. The van der Waals surface area contributed by atoms with E-state index in [9.17, 15) is 9.90 Å². The Morgan fingerprint density at radius 3 is 3.00 bits per heavy atom. The lowest BCUT2D eigenvalue weighted by Gasteiger charge is -2.31. The fourth-order valence-electron chi connectivity index (χ4n) is 1.69. The number of phenolic OH excluding ortho intramolecular Hbond substituents is 1. The van der Waals surface area contributed by atoms with Gasteiger partial charge in [-0.2, -0.15) is 0 Å². The molecule has 1 heterocycles. The van der Waals surface area contributed by atoms with Gasteiger partial charge in [0.1, 0.15) is 5.75 Å². The highest BCUT2D eigenvalue weighted by Crippen LogP contribution is 2.22. The third kappa shape index (κ3) is 2.03. The first-order valence-electron chi connectivity index (χ1n) is 5.04. The Labute approximate surface area is 88.5 Å². The van der Waals surface area contributed by atoms with E-state index in [1.165, 1.54) is 0 Å². The van der Waals surface area contributed by atoms with Gasteiger partial charge < -0.3 is 10.4 Å². The lowest BCUT2D eigenvalue weighted by molar-refractivity contribution is 0.237. The molecule has 0 aliphatic carbocycles. The van der Waals surface area contributed by atoms with Crippen LogP contribution in [0.4, 0.5) is 10.5 Å². The van der Waals surface area contributed by atoms with Crippen molar-refractivity contribution < 1.29 is 9.90 Å². The molecule has 0 saturated carbocycles. The molecule has 1 aromatic rings. The molecule has 4 heteroatoms. The largest absolute Gasteiger partial charge is 0.508 e. The van der Waals surface area contributed by atoms with Gasteiger partial charge in [-0.15, -0.1) is 0 Å². The van der Waals surface area contributed by atoms with E-state index in [1.54, 1.807) is 23.1 Å². The van der Waals surface area contributed by atoms with Gasteiger partial charge >= 0.3 is 6.03 Å². The van der Waals surface area contributed by atoms with E-state index in [0.29, 0.717) is 6.54 Å². The average Bonchev–Trinajstić information content (AvgIpc) is 2.17. The topological polar surface area (TPSA) is 52.6 Å². The van der Waals surface area contributed by atoms with Gasteiger partial charge in [0.2, 0.25) is 0 Å². The molecule has 1 aliphatic heterocycles. The molecule has 2 N–H and O–H groups in total. The van der Waals surface area contributed by atoms with Crippen LogP contribution in [0.15, 0.2) is 24.3 Å². The van der Waals surface area contributed by atoms with Crippen LogP contribution < -0.4 is 10.2 Å². The number of anilines is 1. The van der Waals surface area contributed by atoms with E-state index < -0.39 is 0 Å². The second-order valence-corrected chi connectivity index (χ2v) is 3.81. The van der Waals surface area contributed by atoms with Crippen molar-refractivity contribution in [3.05, 3.63) is 24.3 Å². The Balaban J connectivity index is 2.20. The lowest BCUT2D eigenvalue weighted by Crippen LogP contribution is -2.50. The van der Waals surface area contributed by atoms with Crippen LogP contribution in [0.1, 0.15) is 13.3 Å². The van der Waals surface area contributed by atoms with Crippen LogP contribution in [0.25, 0.3) is 0 Å². The van der Waals surface area contributed by atoms with Crippen molar-refractivity contribution in [2.75, 3.05) is 11.4 Å². The maximum Gasteiger partial charge on any atom is 0.322 e. The van der Waals surface area contributed by atoms with Crippen LogP contribution in [0.3, 0.4) is 0 Å². The first-order chi connectivity index (χ1) is 7.16. The third-order valence-corrected chi connectivity index (χ3v) is 2.54. The third-order valence-electron chi connectivity index (χ3n) is 2.54. The summed E-state index contributed by atoms with van der Waals surface area (Å²) >= 11 is 0. The van der Waals surface area contributed by atoms with E-state index in [0.717, 1.165) is 12.1 Å². The summed E-state index contributed by atoms with van der Waals surface area (Å²) in [5.41, 5.74) is 0.736. The Kier molecular flexibility index (Phi) is 2.49. The number of hydrogen-bond donors (Lipinski definition) is 2. The number of benzene rings is 1. The number of urea groups is 1. The zero-order chi connectivity index (χ0) is 10.8. The zero-order valence-electron chi connectivity index (χ0n) is 8.60. The number of carbonyl (C=O) groups excluding carboxylic acids is 1. The number of rotatable bonds is 1. The quantitative estimate of drug-likeness (QED) is 0.734. The predicted octanol–water partition coefficient (Wildman–Crippen LogP) is 1.70. The summed E-state index contributed by atoms with van der Waals surface area (Å²) in [5, 5.41) is 12.2. The van der Waals surface area contributed by atoms with Crippen LogP contribution in [0.2, 0.25) is 0 Å². The van der Waals surface area contributed by atoms with Crippen LogP contribution in [0, 0.1) is 0 Å². The smallest absolute Gasteiger partial charge is 0.322 e. The van der Waals surface area contributed by atoms with E-state index in [2.05, 4.69) is 5.32 Å². The van der Waals surface area contributed by atoms with Crippen molar-refractivity contribution in [2.45, 2.75) is 19.4 Å². The summed E-state index contributed by atoms with van der Waals surface area (Å²) in [5.74, 6) is 0.180. The van der Waals surface area contributed by atoms with Gasteiger partial charge in [0.25, 0.3) is 0 Å². The van der Waals surface area contributed by atoms with Crippen molar-refractivity contribution >= 4 is 11.7 Å². The van der Waals surface area contributed by atoms with Gasteiger partial charge in [0.05, 0.1) is 0 Å². The van der Waals surface area contributed by atoms with E-state index in [4.69, 9.17) is 0 Å². The number of carbonyl (C=O) groups is 1. The SMILES string of the molecule is CC1CCN(c2cccc(O)c2)C(=O)N1. The van der Waals surface area contributed by atoms with Gasteiger partial charge in [0, 0.05) is 24.3 Å². The lowest BCUT2D eigenvalue weighted by atomic mass is 10.1. The summed E-state index contributed by atoms with van der Waals surface area (Å²) in [6.45, 7) is 2.67. The number of nitrogens with one attached hydrogen (secondary N) is 1. The first-order valence-corrected chi connectivity index (χ1v) is 5.04. The Morgan fingerprint density at radius 2 is 2.33 bits per heavy atom. The highest BCUT2D eigenvalue weighted by molar-refractivity contribution is 5.93. The fourth-order valence-corrected chi connectivity index (χ4v) is 1.69. The fraction of sp³-hybridized carbons (Fsp3) is 0.364. The first kappa shape index (κ1) is 9.83. The van der Waals surface area contributed by atoms with Gasteiger partial charge in [-0.3, -0.25) is 4.90 Å². The van der Waals surface area contributed by atoms with Crippen molar-refractivity contribution in [1.82, 2.24) is 5.32 Å². The summed E-state index contributed by atoms with van der Waals surface area (Å²) in [7, 11) is 0. The minimum Gasteiger partial charge on any atom is -0.508 e. The highest BCUT2D eigenvalue weighted by Gasteiger charge is 2.23. The van der Waals surface area contributed by atoms with Crippen molar-refractivity contribution in [1.29, 1.82) is 0 Å². The molecule has 4 nitrogen and oxygen atoms in total. The number of hydrogen-bond acceptors (Lipinski definition) is 2. The molecule has 1 saturated heterocycles. The normalized spacial score (nSPS) is 21.3. The molecule has 15 heavy (non-hydrogen) atoms. The van der Waals surface area contributed by atoms with Crippen LogP contribution in [-0.2, 0) is 0 Å². The van der Waals surface area contributed by atoms with Crippen LogP contribution in [-0.4, -0.2) is 23.7 Å². The molecule has 0 radical (unpaired) electrons. The zero-order valence-corrected chi connectivity index (χ0v) is 8.60. The van der Waals surface area contributed by atoms with Crippen molar-refractivity contribution in [3.8, 4) is 5.75 Å². The minimum atomic E-state index is -0.0978. The Hall–Kier alpha value is -1.71. The Morgan fingerprint density at radius 1 is 1.53 bits per heavy atom. The van der Waals surface area contributed by atoms with Crippen molar-refractivity contribution in [3.63, 3.8) is 0 Å². The van der Waals surface area contributed by atoms with Gasteiger partial charge in [-0.05, 0) is 25.5 Å². The summed E-state index contributed by atoms with van der Waals surface area (Å²) in [6.07, 6.45) is 0.918. The number of phenols is 1. The van der Waals surface area contributed by atoms with Crippen molar-refractivity contribution in [2.24, 2.45) is 0 Å². The summed E-state index contributed by atoms with van der Waals surface area (Å²) < 4.78 is 0. The molecule has 0 aromatic heterocycles. The highest BCUT2D eigenvalue weighted by atomic mass is 16.3. The molecule has 2 rings (SSSR count). The molecule has 1 aromatic carbocycles. The van der Waals surface area contributed by atoms with E-state index >= 15 is 0 Å². The molecule has 0 spiro atoms. The molecule has 0 bridgehead atoms. The molecule has 1 atom stereocenters. The number of nitrogens with zero attached hydrogens (tertiary/aromatic N) is 1. The number of amides is 2. The second kappa shape index (κ2) is 3.81.